The van der Waals surface area contributed by atoms with E-state index in [0.717, 1.165) is 5.69 Å². The monoisotopic (exact) mass is 262 g/mol. The maximum Gasteiger partial charge on any atom is 0.232 e. The Bertz CT molecular complexity index is 472. The number of benzene rings is 1. The summed E-state index contributed by atoms with van der Waals surface area (Å²) in [6.45, 7) is 1.59. The molecule has 0 atom stereocenters. The predicted octanol–water partition coefficient (Wildman–Crippen LogP) is 2.17. The third-order valence-electron chi connectivity index (χ3n) is 2.09. The molecule has 0 aliphatic rings. The minimum atomic E-state index is -3.28. The standard InChI is InChI=1S/C10H15ClN2O2S/c1-4-16(14,15)12-9-7-8(11)5-6-10(9)13(2)3/h5-7,12H,4H2,1-3H3. The molecule has 16 heavy (non-hydrogen) atoms. The van der Waals surface area contributed by atoms with Crippen LogP contribution in [0.15, 0.2) is 18.2 Å². The number of halogens is 1. The van der Waals surface area contributed by atoms with Crippen molar-refractivity contribution in [3.63, 3.8) is 0 Å². The van der Waals surface area contributed by atoms with E-state index in [0.29, 0.717) is 10.7 Å². The first-order valence-corrected chi connectivity index (χ1v) is 6.86. The van der Waals surface area contributed by atoms with Crippen LogP contribution in [-0.2, 0) is 10.0 Å². The molecule has 0 aliphatic heterocycles. The number of rotatable bonds is 4. The second-order valence-corrected chi connectivity index (χ2v) is 6.01. The number of anilines is 2. The Labute approximate surface area is 101 Å². The van der Waals surface area contributed by atoms with Crippen LogP contribution in [0.25, 0.3) is 0 Å². The fourth-order valence-corrected chi connectivity index (χ4v) is 2.03. The first-order chi connectivity index (χ1) is 7.35. The highest BCUT2D eigenvalue weighted by atomic mass is 35.5. The summed E-state index contributed by atoms with van der Waals surface area (Å²) in [5.41, 5.74) is 1.28. The molecule has 1 aromatic carbocycles. The van der Waals surface area contributed by atoms with Gasteiger partial charge in [0.15, 0.2) is 0 Å². The second-order valence-electron chi connectivity index (χ2n) is 3.56. The molecule has 0 saturated carbocycles. The van der Waals surface area contributed by atoms with Crippen molar-refractivity contribution in [3.8, 4) is 0 Å². The molecule has 0 aromatic heterocycles. The molecule has 6 heteroatoms. The molecular weight excluding hydrogens is 248 g/mol. The average molecular weight is 263 g/mol. The van der Waals surface area contributed by atoms with Gasteiger partial charge in [-0.05, 0) is 25.1 Å². The molecule has 1 N–H and O–H groups in total. The Morgan fingerprint density at radius 2 is 2.00 bits per heavy atom. The minimum Gasteiger partial charge on any atom is -0.376 e. The maximum atomic E-state index is 11.5. The van der Waals surface area contributed by atoms with Crippen molar-refractivity contribution >= 4 is 33.0 Å². The molecule has 0 unspecified atom stereocenters. The van der Waals surface area contributed by atoms with E-state index in [1.807, 2.05) is 19.0 Å². The van der Waals surface area contributed by atoms with Gasteiger partial charge in [-0.15, -0.1) is 0 Å². The van der Waals surface area contributed by atoms with Crippen LogP contribution in [0.2, 0.25) is 5.02 Å². The summed E-state index contributed by atoms with van der Waals surface area (Å²) in [6, 6.07) is 5.10. The van der Waals surface area contributed by atoms with Gasteiger partial charge in [-0.1, -0.05) is 11.6 Å². The van der Waals surface area contributed by atoms with E-state index < -0.39 is 10.0 Å². The van der Waals surface area contributed by atoms with E-state index in [2.05, 4.69) is 4.72 Å². The number of hydrogen-bond acceptors (Lipinski definition) is 3. The normalized spacial score (nSPS) is 11.2. The van der Waals surface area contributed by atoms with Crippen LogP contribution < -0.4 is 9.62 Å². The Balaban J connectivity index is 3.16. The first kappa shape index (κ1) is 13.1. The van der Waals surface area contributed by atoms with Crippen molar-refractivity contribution in [2.75, 3.05) is 29.5 Å². The number of hydrogen-bond donors (Lipinski definition) is 1. The van der Waals surface area contributed by atoms with Crippen molar-refractivity contribution < 1.29 is 8.42 Å². The first-order valence-electron chi connectivity index (χ1n) is 4.83. The molecule has 4 nitrogen and oxygen atoms in total. The van der Waals surface area contributed by atoms with Crippen LogP contribution in [0.1, 0.15) is 6.92 Å². The lowest BCUT2D eigenvalue weighted by Crippen LogP contribution is -2.18. The zero-order valence-corrected chi connectivity index (χ0v) is 11.1. The number of nitrogens with one attached hydrogen (secondary N) is 1. The van der Waals surface area contributed by atoms with Gasteiger partial charge in [0, 0.05) is 19.1 Å². The largest absolute Gasteiger partial charge is 0.376 e. The van der Waals surface area contributed by atoms with Crippen molar-refractivity contribution in [3.05, 3.63) is 23.2 Å². The van der Waals surface area contributed by atoms with Crippen molar-refractivity contribution in [2.45, 2.75) is 6.92 Å². The van der Waals surface area contributed by atoms with Crippen LogP contribution in [0.3, 0.4) is 0 Å². The lowest BCUT2D eigenvalue weighted by Gasteiger charge is -2.18. The summed E-state index contributed by atoms with van der Waals surface area (Å²) in [5, 5.41) is 0.499. The highest BCUT2D eigenvalue weighted by Gasteiger charge is 2.12. The van der Waals surface area contributed by atoms with Gasteiger partial charge < -0.3 is 4.90 Å². The minimum absolute atomic E-state index is 0.0341. The van der Waals surface area contributed by atoms with Gasteiger partial charge in [0.25, 0.3) is 0 Å². The van der Waals surface area contributed by atoms with Gasteiger partial charge >= 0.3 is 0 Å². The quantitative estimate of drug-likeness (QED) is 0.905. The molecule has 0 fully saturated rings. The van der Waals surface area contributed by atoms with E-state index in [1.165, 1.54) is 0 Å². The molecule has 0 aliphatic carbocycles. The van der Waals surface area contributed by atoms with Gasteiger partial charge in [0.1, 0.15) is 0 Å². The lowest BCUT2D eigenvalue weighted by molar-refractivity contribution is 0.602. The zero-order chi connectivity index (χ0) is 12.3. The Kier molecular flexibility index (Phi) is 4.04. The molecule has 1 aromatic rings. The fourth-order valence-electron chi connectivity index (χ4n) is 1.22. The third kappa shape index (κ3) is 3.28. The van der Waals surface area contributed by atoms with Crippen LogP contribution in [0.4, 0.5) is 11.4 Å². The van der Waals surface area contributed by atoms with E-state index in [9.17, 15) is 8.42 Å². The predicted molar refractivity (Wildman–Crippen MR) is 68.9 cm³/mol. The molecule has 0 radical (unpaired) electrons. The molecule has 90 valence electrons. The van der Waals surface area contributed by atoms with Gasteiger partial charge in [0.05, 0.1) is 17.1 Å². The van der Waals surface area contributed by atoms with Crippen LogP contribution in [0, 0.1) is 0 Å². The third-order valence-corrected chi connectivity index (χ3v) is 3.61. The van der Waals surface area contributed by atoms with E-state index in [1.54, 1.807) is 25.1 Å². The van der Waals surface area contributed by atoms with Crippen LogP contribution >= 0.6 is 11.6 Å². The molecular formula is C10H15ClN2O2S. The van der Waals surface area contributed by atoms with Gasteiger partial charge in [-0.25, -0.2) is 8.42 Å². The summed E-state index contributed by atoms with van der Waals surface area (Å²) in [7, 11) is 0.400. The molecule has 0 saturated heterocycles. The van der Waals surface area contributed by atoms with Gasteiger partial charge in [-0.2, -0.15) is 0 Å². The van der Waals surface area contributed by atoms with Crippen molar-refractivity contribution in [1.82, 2.24) is 0 Å². The maximum absolute atomic E-state index is 11.5. The fraction of sp³-hybridized carbons (Fsp3) is 0.400. The van der Waals surface area contributed by atoms with Crippen LogP contribution in [0.5, 0.6) is 0 Å². The summed E-state index contributed by atoms with van der Waals surface area (Å²) in [6.07, 6.45) is 0. The summed E-state index contributed by atoms with van der Waals surface area (Å²) < 4.78 is 25.5. The van der Waals surface area contributed by atoms with Crippen molar-refractivity contribution in [2.24, 2.45) is 0 Å². The molecule has 0 bridgehead atoms. The Morgan fingerprint density at radius 3 is 2.50 bits per heavy atom. The van der Waals surface area contributed by atoms with Crippen LogP contribution in [-0.4, -0.2) is 28.3 Å². The van der Waals surface area contributed by atoms with Gasteiger partial charge in [0.2, 0.25) is 10.0 Å². The Hall–Kier alpha value is -0.940. The average Bonchev–Trinajstić information content (AvgIpc) is 2.16. The summed E-state index contributed by atoms with van der Waals surface area (Å²) in [5.74, 6) is 0.0341. The highest BCUT2D eigenvalue weighted by molar-refractivity contribution is 7.92. The summed E-state index contributed by atoms with van der Waals surface area (Å²) >= 11 is 5.84. The molecule has 0 heterocycles. The lowest BCUT2D eigenvalue weighted by atomic mass is 10.2. The SMILES string of the molecule is CCS(=O)(=O)Nc1cc(Cl)ccc1N(C)C. The molecule has 0 spiro atoms. The van der Waals surface area contributed by atoms with Crippen molar-refractivity contribution in [1.29, 1.82) is 0 Å². The molecule has 1 rings (SSSR count). The van der Waals surface area contributed by atoms with E-state index in [-0.39, 0.29) is 5.75 Å². The smallest absolute Gasteiger partial charge is 0.232 e. The van der Waals surface area contributed by atoms with Gasteiger partial charge in [-0.3, -0.25) is 4.72 Å². The second kappa shape index (κ2) is 4.93. The topological polar surface area (TPSA) is 49.4 Å². The highest BCUT2D eigenvalue weighted by Crippen LogP contribution is 2.28. The Morgan fingerprint density at radius 1 is 1.38 bits per heavy atom. The van der Waals surface area contributed by atoms with E-state index >= 15 is 0 Å². The van der Waals surface area contributed by atoms with E-state index in [4.69, 9.17) is 11.6 Å². The summed E-state index contributed by atoms with van der Waals surface area (Å²) in [4.78, 5) is 1.82. The number of nitrogens with zero attached hydrogens (tertiary/aromatic N) is 1. The zero-order valence-electron chi connectivity index (χ0n) is 9.49. The molecule has 0 amide bonds. The number of sulfonamides is 1.